The zero-order valence-electron chi connectivity index (χ0n) is 7.86. The quantitative estimate of drug-likeness (QED) is 0.746. The van der Waals surface area contributed by atoms with Crippen LogP contribution >= 0.6 is 0 Å². The Labute approximate surface area is 78.4 Å². The summed E-state index contributed by atoms with van der Waals surface area (Å²) in [5.41, 5.74) is 1.18. The summed E-state index contributed by atoms with van der Waals surface area (Å²) in [4.78, 5) is 4.05. The van der Waals surface area contributed by atoms with Crippen molar-refractivity contribution in [3.8, 4) is 5.75 Å². The van der Waals surface area contributed by atoms with Gasteiger partial charge in [0.05, 0.1) is 12.8 Å². The largest absolute Gasteiger partial charge is 0.490 e. The fourth-order valence-corrected chi connectivity index (χ4v) is 1.13. The van der Waals surface area contributed by atoms with Crippen LogP contribution in [0.4, 0.5) is 0 Å². The summed E-state index contributed by atoms with van der Waals surface area (Å²) < 4.78 is 5.23. The lowest BCUT2D eigenvalue weighted by Gasteiger charge is -2.04. The van der Waals surface area contributed by atoms with E-state index < -0.39 is 0 Å². The highest BCUT2D eigenvalue weighted by Gasteiger charge is 1.96. The van der Waals surface area contributed by atoms with Crippen molar-refractivity contribution < 1.29 is 9.84 Å². The summed E-state index contributed by atoms with van der Waals surface area (Å²) in [5.74, 6) is 0.736. The number of aromatic nitrogens is 1. The molecule has 0 atom stereocenters. The molecule has 1 aromatic heterocycles. The van der Waals surface area contributed by atoms with E-state index >= 15 is 0 Å². The molecule has 0 bridgehead atoms. The Balaban J connectivity index is 2.56. The van der Waals surface area contributed by atoms with Gasteiger partial charge in [0.1, 0.15) is 12.4 Å². The van der Waals surface area contributed by atoms with Gasteiger partial charge < -0.3 is 9.84 Å². The average Bonchev–Trinajstić information content (AvgIpc) is 2.16. The minimum Gasteiger partial charge on any atom is -0.490 e. The van der Waals surface area contributed by atoms with Gasteiger partial charge in [-0.05, 0) is 18.1 Å². The van der Waals surface area contributed by atoms with Gasteiger partial charge in [0, 0.05) is 6.20 Å². The molecule has 0 aromatic carbocycles. The van der Waals surface area contributed by atoms with Gasteiger partial charge >= 0.3 is 0 Å². The smallest absolute Gasteiger partial charge is 0.137 e. The van der Waals surface area contributed by atoms with Crippen LogP contribution in [-0.2, 0) is 6.42 Å². The van der Waals surface area contributed by atoms with Crippen molar-refractivity contribution in [1.82, 2.24) is 4.98 Å². The molecule has 3 nitrogen and oxygen atoms in total. The zero-order valence-corrected chi connectivity index (χ0v) is 7.86. The minimum atomic E-state index is 0.0397. The van der Waals surface area contributed by atoms with Crippen LogP contribution in [0.25, 0.3) is 0 Å². The lowest BCUT2D eigenvalue weighted by Crippen LogP contribution is -2.02. The number of aliphatic hydroxyl groups excluding tert-OH is 1. The van der Waals surface area contributed by atoms with Crippen LogP contribution in [0.3, 0.4) is 0 Å². The number of rotatable bonds is 5. The molecular weight excluding hydrogens is 166 g/mol. The molecule has 0 saturated heterocycles. The van der Waals surface area contributed by atoms with Gasteiger partial charge in [-0.3, -0.25) is 4.98 Å². The first-order valence-electron chi connectivity index (χ1n) is 4.54. The first-order valence-corrected chi connectivity index (χ1v) is 4.54. The molecule has 1 rings (SSSR count). The van der Waals surface area contributed by atoms with Crippen LogP contribution in [0.15, 0.2) is 18.5 Å². The highest BCUT2D eigenvalue weighted by atomic mass is 16.5. The number of hydrogen-bond acceptors (Lipinski definition) is 3. The van der Waals surface area contributed by atoms with Gasteiger partial charge in [-0.1, -0.05) is 13.3 Å². The molecule has 1 heterocycles. The van der Waals surface area contributed by atoms with Crippen LogP contribution in [0.2, 0.25) is 0 Å². The molecule has 72 valence electrons. The molecule has 0 saturated carbocycles. The summed E-state index contributed by atoms with van der Waals surface area (Å²) in [5, 5.41) is 8.55. The molecule has 0 aliphatic carbocycles. The third-order valence-electron chi connectivity index (χ3n) is 1.67. The van der Waals surface area contributed by atoms with Crippen molar-refractivity contribution in [2.24, 2.45) is 0 Å². The Morgan fingerprint density at radius 3 is 3.00 bits per heavy atom. The molecule has 3 heteroatoms. The van der Waals surface area contributed by atoms with Crippen LogP contribution < -0.4 is 4.74 Å². The number of aryl methyl sites for hydroxylation is 1. The second kappa shape index (κ2) is 5.54. The lowest BCUT2D eigenvalue weighted by molar-refractivity contribution is 0.201. The molecule has 0 aliphatic heterocycles. The lowest BCUT2D eigenvalue weighted by atomic mass is 10.2. The van der Waals surface area contributed by atoms with Crippen molar-refractivity contribution in [1.29, 1.82) is 0 Å². The van der Waals surface area contributed by atoms with E-state index in [0.29, 0.717) is 6.61 Å². The maximum atomic E-state index is 8.55. The van der Waals surface area contributed by atoms with Gasteiger partial charge in [0.25, 0.3) is 0 Å². The number of pyridine rings is 1. The molecule has 0 radical (unpaired) electrons. The molecule has 1 aromatic rings. The van der Waals surface area contributed by atoms with Crippen molar-refractivity contribution in [2.75, 3.05) is 13.2 Å². The summed E-state index contributed by atoms with van der Waals surface area (Å²) in [7, 11) is 0. The Kier molecular flexibility index (Phi) is 4.26. The predicted molar refractivity (Wildman–Crippen MR) is 50.8 cm³/mol. The number of hydrogen-bond donors (Lipinski definition) is 1. The van der Waals surface area contributed by atoms with Gasteiger partial charge in [0.15, 0.2) is 0 Å². The number of aliphatic hydroxyl groups is 1. The van der Waals surface area contributed by atoms with E-state index in [-0.39, 0.29) is 6.61 Å². The minimum absolute atomic E-state index is 0.0397. The van der Waals surface area contributed by atoms with E-state index in [9.17, 15) is 0 Å². The van der Waals surface area contributed by atoms with Gasteiger partial charge in [-0.25, -0.2) is 0 Å². The highest BCUT2D eigenvalue weighted by molar-refractivity contribution is 5.23. The molecular formula is C10H15NO2. The van der Waals surface area contributed by atoms with Gasteiger partial charge in [0.2, 0.25) is 0 Å². The van der Waals surface area contributed by atoms with Crippen LogP contribution in [0.5, 0.6) is 5.75 Å². The van der Waals surface area contributed by atoms with Crippen molar-refractivity contribution in [3.63, 3.8) is 0 Å². The Hall–Kier alpha value is -1.09. The summed E-state index contributed by atoms with van der Waals surface area (Å²) in [6.45, 7) is 2.50. The van der Waals surface area contributed by atoms with Crippen molar-refractivity contribution in [2.45, 2.75) is 19.8 Å². The van der Waals surface area contributed by atoms with Crippen LogP contribution in [-0.4, -0.2) is 23.3 Å². The molecule has 13 heavy (non-hydrogen) atoms. The third-order valence-corrected chi connectivity index (χ3v) is 1.67. The SMILES string of the molecule is CCCc1cncc(OCCO)c1. The van der Waals surface area contributed by atoms with Gasteiger partial charge in [-0.15, -0.1) is 0 Å². The molecule has 1 N–H and O–H groups in total. The normalized spacial score (nSPS) is 10.0. The molecule has 0 amide bonds. The second-order valence-corrected chi connectivity index (χ2v) is 2.85. The van der Waals surface area contributed by atoms with E-state index in [1.54, 1.807) is 6.20 Å². The van der Waals surface area contributed by atoms with E-state index in [2.05, 4.69) is 11.9 Å². The Morgan fingerprint density at radius 1 is 1.46 bits per heavy atom. The maximum absolute atomic E-state index is 8.55. The second-order valence-electron chi connectivity index (χ2n) is 2.85. The van der Waals surface area contributed by atoms with E-state index in [1.165, 1.54) is 5.56 Å². The van der Waals surface area contributed by atoms with Crippen LogP contribution in [0.1, 0.15) is 18.9 Å². The first kappa shape index (κ1) is 9.99. The predicted octanol–water partition coefficient (Wildman–Crippen LogP) is 1.41. The third kappa shape index (κ3) is 3.42. The summed E-state index contributed by atoms with van der Waals surface area (Å²) >= 11 is 0. The average molecular weight is 181 g/mol. The molecule has 0 aliphatic rings. The maximum Gasteiger partial charge on any atom is 0.137 e. The Bertz CT molecular complexity index is 250. The monoisotopic (exact) mass is 181 g/mol. The summed E-state index contributed by atoms with van der Waals surface area (Å²) in [6, 6.07) is 1.96. The summed E-state index contributed by atoms with van der Waals surface area (Å²) in [6.07, 6.45) is 5.62. The highest BCUT2D eigenvalue weighted by Crippen LogP contribution is 2.12. The fourth-order valence-electron chi connectivity index (χ4n) is 1.13. The zero-order chi connectivity index (χ0) is 9.52. The standard InChI is InChI=1S/C10H15NO2/c1-2-3-9-6-10(8-11-7-9)13-5-4-12/h6-8,12H,2-5H2,1H3. The van der Waals surface area contributed by atoms with Crippen molar-refractivity contribution >= 4 is 0 Å². The van der Waals surface area contributed by atoms with E-state index in [1.807, 2.05) is 12.3 Å². The topological polar surface area (TPSA) is 42.4 Å². The van der Waals surface area contributed by atoms with Crippen LogP contribution in [0, 0.1) is 0 Å². The Morgan fingerprint density at radius 2 is 2.31 bits per heavy atom. The van der Waals surface area contributed by atoms with Gasteiger partial charge in [-0.2, -0.15) is 0 Å². The molecule has 0 unspecified atom stereocenters. The van der Waals surface area contributed by atoms with E-state index in [4.69, 9.17) is 9.84 Å². The molecule has 0 spiro atoms. The first-order chi connectivity index (χ1) is 6.36. The van der Waals surface area contributed by atoms with E-state index in [0.717, 1.165) is 18.6 Å². The number of ether oxygens (including phenoxy) is 1. The number of nitrogens with zero attached hydrogens (tertiary/aromatic N) is 1. The molecule has 0 fully saturated rings. The van der Waals surface area contributed by atoms with Crippen molar-refractivity contribution in [3.05, 3.63) is 24.0 Å². The fraction of sp³-hybridized carbons (Fsp3) is 0.500.